The van der Waals surface area contributed by atoms with Crippen molar-refractivity contribution in [3.8, 4) is 0 Å². The third-order valence-corrected chi connectivity index (χ3v) is 2.64. The normalized spacial score (nSPS) is 12.6. The van der Waals surface area contributed by atoms with Gasteiger partial charge in [-0.05, 0) is 18.2 Å². The molecular weight excluding hydrogens is 267 g/mol. The van der Waals surface area contributed by atoms with Gasteiger partial charge in [-0.15, -0.1) is 0 Å². The lowest BCUT2D eigenvalue weighted by Crippen LogP contribution is -2.26. The molecule has 0 spiro atoms. The molecule has 0 heterocycles. The molecule has 1 rings (SSSR count). The van der Waals surface area contributed by atoms with Gasteiger partial charge in [0.2, 0.25) is 0 Å². The largest absolute Gasteiger partial charge is 0.416 e. The zero-order valence-electron chi connectivity index (χ0n) is 10.1. The lowest BCUT2D eigenvalue weighted by Gasteiger charge is -2.23. The van der Waals surface area contributed by atoms with Crippen LogP contribution in [0.5, 0.6) is 0 Å². The molecule has 2 nitrogen and oxygen atoms in total. The Morgan fingerprint density at radius 2 is 1.83 bits per heavy atom. The SMILES string of the molecule is CC(C)(CO)CNc1cc(Cl)cc(C(F)(F)F)c1. The molecule has 0 amide bonds. The van der Waals surface area contributed by atoms with Gasteiger partial charge in [-0.1, -0.05) is 25.4 Å². The second kappa shape index (κ2) is 5.36. The van der Waals surface area contributed by atoms with Gasteiger partial charge in [0, 0.05) is 29.3 Å². The Morgan fingerprint density at radius 3 is 2.33 bits per heavy atom. The van der Waals surface area contributed by atoms with E-state index in [0.29, 0.717) is 6.54 Å². The van der Waals surface area contributed by atoms with Crippen molar-refractivity contribution in [1.82, 2.24) is 0 Å². The van der Waals surface area contributed by atoms with Crippen LogP contribution in [0.1, 0.15) is 19.4 Å². The van der Waals surface area contributed by atoms with Crippen molar-refractivity contribution in [2.24, 2.45) is 5.41 Å². The van der Waals surface area contributed by atoms with Crippen molar-refractivity contribution in [1.29, 1.82) is 0 Å². The molecule has 6 heteroatoms. The predicted octanol–water partition coefficient (Wildman–Crippen LogP) is 3.79. The van der Waals surface area contributed by atoms with Gasteiger partial charge >= 0.3 is 6.18 Å². The van der Waals surface area contributed by atoms with Gasteiger partial charge in [0.1, 0.15) is 0 Å². The van der Waals surface area contributed by atoms with Gasteiger partial charge in [0.05, 0.1) is 5.56 Å². The highest BCUT2D eigenvalue weighted by Crippen LogP contribution is 2.33. The molecule has 18 heavy (non-hydrogen) atoms. The maximum Gasteiger partial charge on any atom is 0.416 e. The number of anilines is 1. The summed E-state index contributed by atoms with van der Waals surface area (Å²) in [4.78, 5) is 0. The van der Waals surface area contributed by atoms with Crippen LogP contribution in [0.2, 0.25) is 5.02 Å². The summed E-state index contributed by atoms with van der Waals surface area (Å²) in [6.07, 6.45) is -4.42. The minimum atomic E-state index is -4.42. The van der Waals surface area contributed by atoms with Crippen molar-refractivity contribution in [3.05, 3.63) is 28.8 Å². The van der Waals surface area contributed by atoms with E-state index in [4.69, 9.17) is 16.7 Å². The Kier molecular flexibility index (Phi) is 4.50. The zero-order chi connectivity index (χ0) is 14.0. The summed E-state index contributed by atoms with van der Waals surface area (Å²) in [6, 6.07) is 3.30. The van der Waals surface area contributed by atoms with Gasteiger partial charge in [-0.25, -0.2) is 0 Å². The third-order valence-electron chi connectivity index (χ3n) is 2.42. The molecule has 0 aliphatic heterocycles. The monoisotopic (exact) mass is 281 g/mol. The molecule has 0 aliphatic carbocycles. The van der Waals surface area contributed by atoms with Crippen LogP contribution in [-0.2, 0) is 6.18 Å². The maximum atomic E-state index is 12.6. The highest BCUT2D eigenvalue weighted by atomic mass is 35.5. The number of benzene rings is 1. The predicted molar refractivity (Wildman–Crippen MR) is 65.8 cm³/mol. The molecule has 0 radical (unpaired) electrons. The molecule has 0 bridgehead atoms. The minimum absolute atomic E-state index is 0.0223. The Balaban J connectivity index is 2.88. The standard InChI is InChI=1S/C12H15ClF3NO/c1-11(2,7-18)6-17-10-4-8(12(14,15)16)3-9(13)5-10/h3-5,17-18H,6-7H2,1-2H3. The fourth-order valence-electron chi connectivity index (χ4n) is 1.25. The van der Waals surface area contributed by atoms with Gasteiger partial charge in [-0.3, -0.25) is 0 Å². The number of alkyl halides is 3. The average Bonchev–Trinajstić information content (AvgIpc) is 2.25. The van der Waals surface area contributed by atoms with E-state index in [9.17, 15) is 13.2 Å². The van der Waals surface area contributed by atoms with Gasteiger partial charge in [0.15, 0.2) is 0 Å². The number of rotatable bonds is 4. The van der Waals surface area contributed by atoms with Crippen molar-refractivity contribution < 1.29 is 18.3 Å². The quantitative estimate of drug-likeness (QED) is 0.880. The molecule has 0 atom stereocenters. The summed E-state index contributed by atoms with van der Waals surface area (Å²) in [5.41, 5.74) is -0.920. The topological polar surface area (TPSA) is 32.3 Å². The molecule has 0 unspecified atom stereocenters. The molecule has 2 N–H and O–H groups in total. The Bertz CT molecular complexity index is 418. The van der Waals surface area contributed by atoms with Crippen molar-refractivity contribution >= 4 is 17.3 Å². The summed E-state index contributed by atoms with van der Waals surface area (Å²) >= 11 is 5.65. The van der Waals surface area contributed by atoms with E-state index in [1.54, 1.807) is 13.8 Å². The Morgan fingerprint density at radius 1 is 1.22 bits per heavy atom. The Hall–Kier alpha value is -0.940. The molecule has 0 aliphatic rings. The second-order valence-electron chi connectivity index (χ2n) is 4.90. The molecule has 0 aromatic heterocycles. The summed E-state index contributed by atoms with van der Waals surface area (Å²) in [7, 11) is 0. The summed E-state index contributed by atoms with van der Waals surface area (Å²) in [5, 5.41) is 11.9. The summed E-state index contributed by atoms with van der Waals surface area (Å²) in [5.74, 6) is 0. The Labute approximate surface area is 109 Å². The third kappa shape index (κ3) is 4.38. The number of halogens is 4. The van der Waals surface area contributed by atoms with Crippen LogP contribution in [0.3, 0.4) is 0 Å². The first-order chi connectivity index (χ1) is 8.14. The number of nitrogens with one attached hydrogen (secondary N) is 1. The van der Waals surface area contributed by atoms with Crippen molar-refractivity contribution in [2.75, 3.05) is 18.5 Å². The molecule has 0 saturated carbocycles. The molecule has 1 aromatic rings. The van der Waals surface area contributed by atoms with E-state index >= 15 is 0 Å². The van der Waals surface area contributed by atoms with Crippen LogP contribution < -0.4 is 5.32 Å². The van der Waals surface area contributed by atoms with Crippen LogP contribution in [0.15, 0.2) is 18.2 Å². The molecule has 0 saturated heterocycles. The first-order valence-electron chi connectivity index (χ1n) is 5.36. The van der Waals surface area contributed by atoms with Crippen LogP contribution in [-0.4, -0.2) is 18.3 Å². The van der Waals surface area contributed by atoms with Crippen LogP contribution in [0, 0.1) is 5.41 Å². The summed E-state index contributed by atoms with van der Waals surface area (Å²) < 4.78 is 37.7. The lowest BCUT2D eigenvalue weighted by molar-refractivity contribution is -0.137. The first-order valence-corrected chi connectivity index (χ1v) is 5.74. The van der Waals surface area contributed by atoms with Crippen LogP contribution in [0.25, 0.3) is 0 Å². The average molecular weight is 282 g/mol. The lowest BCUT2D eigenvalue weighted by atomic mass is 9.95. The number of hydrogen-bond donors (Lipinski definition) is 2. The van der Waals surface area contributed by atoms with E-state index < -0.39 is 17.2 Å². The molecular formula is C12H15ClF3NO. The van der Waals surface area contributed by atoms with Crippen LogP contribution in [0.4, 0.5) is 18.9 Å². The van der Waals surface area contributed by atoms with Crippen LogP contribution >= 0.6 is 11.6 Å². The van der Waals surface area contributed by atoms with Crippen molar-refractivity contribution in [2.45, 2.75) is 20.0 Å². The fraction of sp³-hybridized carbons (Fsp3) is 0.500. The number of aliphatic hydroxyl groups is 1. The van der Waals surface area contributed by atoms with Gasteiger partial charge in [0.25, 0.3) is 0 Å². The highest BCUT2D eigenvalue weighted by Gasteiger charge is 2.31. The number of hydrogen-bond acceptors (Lipinski definition) is 2. The summed E-state index contributed by atoms with van der Waals surface area (Å²) in [6.45, 7) is 3.89. The van der Waals surface area contributed by atoms with E-state index in [1.807, 2.05) is 0 Å². The molecule has 102 valence electrons. The van der Waals surface area contributed by atoms with Crippen molar-refractivity contribution in [3.63, 3.8) is 0 Å². The zero-order valence-corrected chi connectivity index (χ0v) is 10.9. The molecule has 1 aromatic carbocycles. The second-order valence-corrected chi connectivity index (χ2v) is 5.34. The number of aliphatic hydroxyl groups excluding tert-OH is 1. The minimum Gasteiger partial charge on any atom is -0.396 e. The van der Waals surface area contributed by atoms with Gasteiger partial charge in [-0.2, -0.15) is 13.2 Å². The smallest absolute Gasteiger partial charge is 0.396 e. The fourth-order valence-corrected chi connectivity index (χ4v) is 1.49. The van der Waals surface area contributed by atoms with E-state index in [0.717, 1.165) is 12.1 Å². The van der Waals surface area contributed by atoms with E-state index in [-0.39, 0.29) is 17.3 Å². The maximum absolute atomic E-state index is 12.6. The van der Waals surface area contributed by atoms with E-state index in [1.165, 1.54) is 6.07 Å². The van der Waals surface area contributed by atoms with E-state index in [2.05, 4.69) is 5.32 Å². The first kappa shape index (κ1) is 15.1. The molecule has 0 fully saturated rings. The highest BCUT2D eigenvalue weighted by molar-refractivity contribution is 6.30. The van der Waals surface area contributed by atoms with Gasteiger partial charge < -0.3 is 10.4 Å².